The Balaban J connectivity index is 2.87. The molecule has 1 amide bonds. The lowest BCUT2D eigenvalue weighted by molar-refractivity contribution is -0.126. The molecule has 0 saturated carbocycles. The molecule has 1 fully saturated rings. The second-order valence-electron chi connectivity index (χ2n) is 3.70. The highest BCUT2D eigenvalue weighted by molar-refractivity contribution is 7.89. The maximum Gasteiger partial charge on any atom is 0.237 e. The zero-order chi connectivity index (χ0) is 11.5. The van der Waals surface area contributed by atoms with Crippen molar-refractivity contribution < 1.29 is 13.2 Å². The SMILES string of the molecule is CCS(=O)(=O)N(C(C)=O)C1CCNCC1. The molecular weight excluding hydrogens is 216 g/mol. The van der Waals surface area contributed by atoms with E-state index in [9.17, 15) is 13.2 Å². The molecule has 0 aromatic heterocycles. The van der Waals surface area contributed by atoms with Gasteiger partial charge in [0, 0.05) is 6.92 Å². The van der Waals surface area contributed by atoms with Crippen LogP contribution in [0.15, 0.2) is 0 Å². The standard InChI is InChI=1S/C9H18N2O3S/c1-3-15(13,14)11(8(2)12)9-4-6-10-7-5-9/h9-10H,3-7H2,1-2H3. The molecule has 1 aliphatic heterocycles. The van der Waals surface area contributed by atoms with Crippen LogP contribution < -0.4 is 5.32 Å². The summed E-state index contributed by atoms with van der Waals surface area (Å²) in [5, 5.41) is 3.15. The number of amides is 1. The van der Waals surface area contributed by atoms with E-state index in [0.717, 1.165) is 17.4 Å². The van der Waals surface area contributed by atoms with Gasteiger partial charge in [-0.2, -0.15) is 0 Å². The Bertz CT molecular complexity index is 320. The van der Waals surface area contributed by atoms with Gasteiger partial charge in [0.1, 0.15) is 0 Å². The smallest absolute Gasteiger partial charge is 0.237 e. The van der Waals surface area contributed by atoms with Gasteiger partial charge in [-0.25, -0.2) is 12.7 Å². The first-order valence-corrected chi connectivity index (χ1v) is 6.83. The fourth-order valence-electron chi connectivity index (χ4n) is 1.86. The minimum atomic E-state index is -3.40. The van der Waals surface area contributed by atoms with Crippen LogP contribution in [0.3, 0.4) is 0 Å². The Morgan fingerprint density at radius 3 is 2.33 bits per heavy atom. The number of piperidine rings is 1. The molecular formula is C9H18N2O3S. The first kappa shape index (κ1) is 12.4. The fraction of sp³-hybridized carbons (Fsp3) is 0.889. The highest BCUT2D eigenvalue weighted by atomic mass is 32.2. The molecule has 0 aliphatic carbocycles. The fourth-order valence-corrected chi connectivity index (χ4v) is 3.20. The minimum absolute atomic E-state index is 0.0174. The third-order valence-electron chi connectivity index (χ3n) is 2.62. The van der Waals surface area contributed by atoms with Crippen molar-refractivity contribution in [3.63, 3.8) is 0 Å². The second kappa shape index (κ2) is 4.94. The number of carbonyl (C=O) groups is 1. The van der Waals surface area contributed by atoms with Crippen molar-refractivity contribution in [3.8, 4) is 0 Å². The van der Waals surface area contributed by atoms with Crippen molar-refractivity contribution in [2.45, 2.75) is 32.7 Å². The number of nitrogens with zero attached hydrogens (tertiary/aromatic N) is 1. The van der Waals surface area contributed by atoms with Gasteiger partial charge in [0.2, 0.25) is 15.9 Å². The molecule has 0 radical (unpaired) electrons. The van der Waals surface area contributed by atoms with Crippen molar-refractivity contribution in [3.05, 3.63) is 0 Å². The van der Waals surface area contributed by atoms with Crippen LogP contribution in [0, 0.1) is 0 Å². The lowest BCUT2D eigenvalue weighted by Crippen LogP contribution is -2.48. The summed E-state index contributed by atoms with van der Waals surface area (Å²) < 4.78 is 24.5. The number of hydrogen-bond acceptors (Lipinski definition) is 4. The normalized spacial score (nSPS) is 18.8. The lowest BCUT2D eigenvalue weighted by Gasteiger charge is -2.32. The summed E-state index contributed by atoms with van der Waals surface area (Å²) in [5.74, 6) is -0.389. The van der Waals surface area contributed by atoms with E-state index in [-0.39, 0.29) is 17.7 Å². The van der Waals surface area contributed by atoms with Gasteiger partial charge in [-0.05, 0) is 32.9 Å². The molecule has 88 valence electrons. The molecule has 1 saturated heterocycles. The molecule has 5 nitrogen and oxygen atoms in total. The van der Waals surface area contributed by atoms with Crippen LogP contribution >= 0.6 is 0 Å². The quantitative estimate of drug-likeness (QED) is 0.742. The van der Waals surface area contributed by atoms with Crippen LogP contribution in [-0.2, 0) is 14.8 Å². The summed E-state index contributed by atoms with van der Waals surface area (Å²) in [6, 6.07) is -0.159. The second-order valence-corrected chi connectivity index (χ2v) is 5.83. The Hall–Kier alpha value is -0.620. The van der Waals surface area contributed by atoms with Crippen LogP contribution in [0.1, 0.15) is 26.7 Å². The number of nitrogens with one attached hydrogen (secondary N) is 1. The molecule has 1 aliphatic rings. The molecule has 0 spiro atoms. The average Bonchev–Trinajstić information content (AvgIpc) is 2.18. The summed E-state index contributed by atoms with van der Waals surface area (Å²) in [6.07, 6.45) is 1.41. The summed E-state index contributed by atoms with van der Waals surface area (Å²) in [5.41, 5.74) is 0. The summed E-state index contributed by atoms with van der Waals surface area (Å²) in [6.45, 7) is 4.42. The van der Waals surface area contributed by atoms with E-state index in [4.69, 9.17) is 0 Å². The Morgan fingerprint density at radius 1 is 1.40 bits per heavy atom. The maximum atomic E-state index is 11.7. The molecule has 0 atom stereocenters. The predicted octanol–water partition coefficient (Wildman–Crippen LogP) is -0.0634. The number of rotatable bonds is 3. The maximum absolute atomic E-state index is 11.7. The number of hydrogen-bond donors (Lipinski definition) is 1. The van der Waals surface area contributed by atoms with Crippen LogP contribution in [0.5, 0.6) is 0 Å². The van der Waals surface area contributed by atoms with Gasteiger partial charge >= 0.3 is 0 Å². The van der Waals surface area contributed by atoms with Gasteiger partial charge in [0.25, 0.3) is 0 Å². The first-order chi connectivity index (χ1) is 6.99. The predicted molar refractivity (Wildman–Crippen MR) is 57.9 cm³/mol. The molecule has 15 heavy (non-hydrogen) atoms. The molecule has 0 unspecified atom stereocenters. The van der Waals surface area contributed by atoms with Crippen molar-refractivity contribution in [2.24, 2.45) is 0 Å². The third-order valence-corrected chi connectivity index (χ3v) is 4.50. The summed E-state index contributed by atoms with van der Waals surface area (Å²) >= 11 is 0. The molecule has 1 rings (SSSR count). The average molecular weight is 234 g/mol. The molecule has 0 aromatic rings. The van der Waals surface area contributed by atoms with E-state index in [1.54, 1.807) is 6.92 Å². The van der Waals surface area contributed by atoms with Crippen LogP contribution in [0.25, 0.3) is 0 Å². The largest absolute Gasteiger partial charge is 0.317 e. The van der Waals surface area contributed by atoms with Crippen LogP contribution in [-0.4, -0.2) is 43.5 Å². The highest BCUT2D eigenvalue weighted by Crippen LogP contribution is 2.16. The third kappa shape index (κ3) is 2.92. The minimum Gasteiger partial charge on any atom is -0.317 e. The van der Waals surface area contributed by atoms with E-state index >= 15 is 0 Å². The van der Waals surface area contributed by atoms with E-state index < -0.39 is 10.0 Å². The highest BCUT2D eigenvalue weighted by Gasteiger charge is 2.31. The Kier molecular flexibility index (Phi) is 4.10. The molecule has 0 aromatic carbocycles. The zero-order valence-electron chi connectivity index (χ0n) is 9.19. The topological polar surface area (TPSA) is 66.5 Å². The van der Waals surface area contributed by atoms with Gasteiger partial charge in [0.15, 0.2) is 0 Å². The molecule has 1 N–H and O–H groups in total. The number of carbonyl (C=O) groups excluding carboxylic acids is 1. The zero-order valence-corrected chi connectivity index (χ0v) is 10.0. The first-order valence-electron chi connectivity index (χ1n) is 5.22. The van der Waals surface area contributed by atoms with E-state index in [1.807, 2.05) is 0 Å². The van der Waals surface area contributed by atoms with Gasteiger partial charge in [-0.15, -0.1) is 0 Å². The monoisotopic (exact) mass is 234 g/mol. The van der Waals surface area contributed by atoms with Crippen molar-refractivity contribution in [2.75, 3.05) is 18.8 Å². The van der Waals surface area contributed by atoms with Gasteiger partial charge < -0.3 is 5.32 Å². The van der Waals surface area contributed by atoms with E-state index in [1.165, 1.54) is 6.92 Å². The molecule has 0 bridgehead atoms. The van der Waals surface area contributed by atoms with Crippen molar-refractivity contribution >= 4 is 15.9 Å². The van der Waals surface area contributed by atoms with Crippen LogP contribution in [0.4, 0.5) is 0 Å². The summed E-state index contributed by atoms with van der Waals surface area (Å²) in [7, 11) is -3.40. The van der Waals surface area contributed by atoms with Crippen molar-refractivity contribution in [1.82, 2.24) is 9.62 Å². The van der Waals surface area contributed by atoms with Crippen LogP contribution in [0.2, 0.25) is 0 Å². The Morgan fingerprint density at radius 2 is 1.93 bits per heavy atom. The van der Waals surface area contributed by atoms with Gasteiger partial charge in [-0.3, -0.25) is 4.79 Å². The van der Waals surface area contributed by atoms with Crippen molar-refractivity contribution in [1.29, 1.82) is 0 Å². The van der Waals surface area contributed by atoms with Gasteiger partial charge in [-0.1, -0.05) is 0 Å². The van der Waals surface area contributed by atoms with Gasteiger partial charge in [0.05, 0.1) is 11.8 Å². The molecule has 6 heteroatoms. The number of sulfonamides is 1. The van der Waals surface area contributed by atoms with E-state index in [0.29, 0.717) is 12.8 Å². The van der Waals surface area contributed by atoms with E-state index in [2.05, 4.69) is 5.32 Å². The lowest BCUT2D eigenvalue weighted by atomic mass is 10.1. The summed E-state index contributed by atoms with van der Waals surface area (Å²) in [4.78, 5) is 11.4. The Labute approximate surface area is 90.9 Å². The molecule has 1 heterocycles.